The van der Waals surface area contributed by atoms with Gasteiger partial charge in [-0.25, -0.2) is 0 Å². The molecule has 0 spiro atoms. The molecule has 166 valence electrons. The molecule has 0 radical (unpaired) electrons. The van der Waals surface area contributed by atoms with Crippen molar-refractivity contribution < 1.29 is 0 Å². The van der Waals surface area contributed by atoms with E-state index in [0.717, 1.165) is 30.8 Å². The Labute approximate surface area is 197 Å². The van der Waals surface area contributed by atoms with Gasteiger partial charge in [0.15, 0.2) is 0 Å². The van der Waals surface area contributed by atoms with Crippen LogP contribution in [-0.4, -0.2) is 11.5 Å². The monoisotopic (exact) mass is 432 g/mol. The minimum absolute atomic E-state index is 0.309. The number of para-hydroxylation sites is 1. The topological polar surface area (TPSA) is 16.1 Å². The van der Waals surface area contributed by atoms with E-state index in [0.29, 0.717) is 6.04 Å². The average Bonchev–Trinajstić information content (AvgIpc) is 2.89. The summed E-state index contributed by atoms with van der Waals surface area (Å²) in [5.74, 6) is 0.737. The van der Waals surface area contributed by atoms with Gasteiger partial charge in [0.2, 0.25) is 0 Å². The van der Waals surface area contributed by atoms with E-state index in [-0.39, 0.29) is 0 Å². The summed E-state index contributed by atoms with van der Waals surface area (Å²) in [7, 11) is 0. The van der Waals surface area contributed by atoms with Crippen molar-refractivity contribution in [2.75, 3.05) is 11.4 Å². The third-order valence-electron chi connectivity index (χ3n) is 7.75. The Balaban J connectivity index is 1.32. The molecule has 3 aromatic carbocycles. The van der Waals surface area contributed by atoms with Crippen molar-refractivity contribution in [2.24, 2.45) is 0 Å². The molecule has 1 fully saturated rings. The second-order valence-electron chi connectivity index (χ2n) is 9.79. The highest BCUT2D eigenvalue weighted by atomic mass is 15.2. The predicted molar refractivity (Wildman–Crippen MR) is 138 cm³/mol. The first-order valence-electron chi connectivity index (χ1n) is 12.6. The van der Waals surface area contributed by atoms with E-state index in [1.807, 2.05) is 0 Å². The van der Waals surface area contributed by atoms with Crippen molar-refractivity contribution in [3.05, 3.63) is 107 Å². The summed E-state index contributed by atoms with van der Waals surface area (Å²) in [4.78, 5) is 7.70. The summed E-state index contributed by atoms with van der Waals surface area (Å²) in [6.07, 6.45) is 8.85. The molecule has 6 rings (SSSR count). The average molecular weight is 433 g/mol. The highest BCUT2D eigenvalue weighted by Crippen LogP contribution is 2.37. The Morgan fingerprint density at radius 1 is 0.788 bits per heavy atom. The minimum atomic E-state index is 0.309. The summed E-state index contributed by atoms with van der Waals surface area (Å²) in [6.45, 7) is 1.05. The molecule has 2 aliphatic rings. The summed E-state index contributed by atoms with van der Waals surface area (Å²) in [6, 6.07) is 31.7. The maximum absolute atomic E-state index is 5.13. The summed E-state index contributed by atoms with van der Waals surface area (Å²) >= 11 is 0. The van der Waals surface area contributed by atoms with Crippen molar-refractivity contribution in [2.45, 2.75) is 56.9 Å². The van der Waals surface area contributed by atoms with E-state index < -0.39 is 0 Å². The van der Waals surface area contributed by atoms with E-state index in [1.165, 1.54) is 65.6 Å². The van der Waals surface area contributed by atoms with Crippen LogP contribution in [0.1, 0.15) is 66.4 Å². The number of hydrogen-bond acceptors (Lipinski definition) is 2. The Kier molecular flexibility index (Phi) is 5.59. The second kappa shape index (κ2) is 9.02. The molecule has 33 heavy (non-hydrogen) atoms. The molecule has 0 N–H and O–H groups in total. The number of hydrogen-bond donors (Lipinski definition) is 0. The van der Waals surface area contributed by atoms with Crippen molar-refractivity contribution in [3.8, 4) is 0 Å². The Morgan fingerprint density at radius 2 is 1.61 bits per heavy atom. The first-order valence-corrected chi connectivity index (χ1v) is 12.6. The predicted octanol–water partition coefficient (Wildman–Crippen LogP) is 7.63. The third kappa shape index (κ3) is 4.15. The molecule has 1 unspecified atom stereocenters. The fourth-order valence-electron chi connectivity index (χ4n) is 5.99. The van der Waals surface area contributed by atoms with E-state index in [9.17, 15) is 0 Å². The molecule has 1 aliphatic carbocycles. The van der Waals surface area contributed by atoms with Gasteiger partial charge in [0.25, 0.3) is 0 Å². The van der Waals surface area contributed by atoms with Gasteiger partial charge in [-0.2, -0.15) is 0 Å². The van der Waals surface area contributed by atoms with Gasteiger partial charge in [0.05, 0.1) is 11.6 Å². The number of nitrogens with zero attached hydrogens (tertiary/aromatic N) is 2. The SMILES string of the molecule is c1ccc(N2CCc3ccccc3C2Cc2ccc3cc(C4CCCCC4)ccc3n2)cc1. The molecule has 1 aliphatic heterocycles. The Bertz CT molecular complexity index is 1240. The number of pyridine rings is 1. The first-order chi connectivity index (χ1) is 16.3. The summed E-state index contributed by atoms with van der Waals surface area (Å²) < 4.78 is 0. The highest BCUT2D eigenvalue weighted by Gasteiger charge is 2.28. The molecule has 1 saturated carbocycles. The minimum Gasteiger partial charge on any atom is -0.364 e. The van der Waals surface area contributed by atoms with Gasteiger partial charge in [-0.3, -0.25) is 4.98 Å². The zero-order chi connectivity index (χ0) is 22.0. The number of anilines is 1. The zero-order valence-electron chi connectivity index (χ0n) is 19.3. The maximum Gasteiger partial charge on any atom is 0.0705 e. The van der Waals surface area contributed by atoms with Gasteiger partial charge < -0.3 is 4.90 Å². The molecule has 0 amide bonds. The third-order valence-corrected chi connectivity index (χ3v) is 7.75. The summed E-state index contributed by atoms with van der Waals surface area (Å²) in [5, 5.41) is 1.28. The van der Waals surface area contributed by atoms with Gasteiger partial charge in [-0.15, -0.1) is 0 Å². The van der Waals surface area contributed by atoms with Gasteiger partial charge in [0.1, 0.15) is 0 Å². The molecule has 1 atom stereocenters. The quantitative estimate of drug-likeness (QED) is 0.329. The molecule has 0 bridgehead atoms. The molecule has 2 heteroatoms. The molecular weight excluding hydrogens is 400 g/mol. The second-order valence-corrected chi connectivity index (χ2v) is 9.79. The van der Waals surface area contributed by atoms with Crippen molar-refractivity contribution in [3.63, 3.8) is 0 Å². The molecule has 2 nitrogen and oxygen atoms in total. The first kappa shape index (κ1) is 20.5. The fraction of sp³-hybridized carbons (Fsp3) is 0.323. The zero-order valence-corrected chi connectivity index (χ0v) is 19.3. The Morgan fingerprint density at radius 3 is 2.48 bits per heavy atom. The number of benzene rings is 3. The smallest absolute Gasteiger partial charge is 0.0705 e. The lowest BCUT2D eigenvalue weighted by atomic mass is 9.84. The standard InChI is InChI=1S/C31H32N2/c1-3-9-23(10-4-1)25-16-18-30-26(21-25)15-17-27(32-30)22-31-29-14-8-7-11-24(29)19-20-33(31)28-12-5-2-6-13-28/h2,5-8,11-18,21,23,31H,1,3-4,9-10,19-20,22H2. The molecule has 0 saturated heterocycles. The van der Waals surface area contributed by atoms with Crippen LogP contribution in [0, 0.1) is 0 Å². The number of fused-ring (bicyclic) bond motifs is 2. The highest BCUT2D eigenvalue weighted by molar-refractivity contribution is 5.79. The normalized spacial score (nSPS) is 18.9. The van der Waals surface area contributed by atoms with Crippen LogP contribution in [0.2, 0.25) is 0 Å². The van der Waals surface area contributed by atoms with Crippen LogP contribution in [0.3, 0.4) is 0 Å². The lowest BCUT2D eigenvalue weighted by molar-refractivity contribution is 0.444. The van der Waals surface area contributed by atoms with Crippen molar-refractivity contribution >= 4 is 16.6 Å². The van der Waals surface area contributed by atoms with Crippen LogP contribution in [0.4, 0.5) is 5.69 Å². The number of rotatable bonds is 4. The van der Waals surface area contributed by atoms with Gasteiger partial charge in [-0.05, 0) is 72.2 Å². The van der Waals surface area contributed by atoms with Gasteiger partial charge in [-0.1, -0.05) is 73.9 Å². The fourth-order valence-corrected chi connectivity index (χ4v) is 5.99. The largest absolute Gasteiger partial charge is 0.364 e. The van der Waals surface area contributed by atoms with Crippen LogP contribution in [-0.2, 0) is 12.8 Å². The van der Waals surface area contributed by atoms with Crippen molar-refractivity contribution in [1.29, 1.82) is 0 Å². The van der Waals surface area contributed by atoms with Crippen LogP contribution < -0.4 is 4.90 Å². The van der Waals surface area contributed by atoms with Crippen LogP contribution in [0.15, 0.2) is 84.9 Å². The van der Waals surface area contributed by atoms with Crippen molar-refractivity contribution in [1.82, 2.24) is 4.98 Å². The van der Waals surface area contributed by atoms with E-state index in [2.05, 4.69) is 89.8 Å². The van der Waals surface area contributed by atoms with Crippen LogP contribution >= 0.6 is 0 Å². The lowest BCUT2D eigenvalue weighted by Gasteiger charge is -2.39. The van der Waals surface area contributed by atoms with E-state index in [1.54, 1.807) is 0 Å². The molecular formula is C31H32N2. The van der Waals surface area contributed by atoms with E-state index >= 15 is 0 Å². The van der Waals surface area contributed by atoms with E-state index in [4.69, 9.17) is 4.98 Å². The maximum atomic E-state index is 5.13. The summed E-state index contributed by atoms with van der Waals surface area (Å²) in [5.41, 5.74) is 8.04. The molecule has 1 aromatic heterocycles. The van der Waals surface area contributed by atoms with Gasteiger partial charge in [0, 0.05) is 29.7 Å². The Hall–Kier alpha value is -3.13. The number of aromatic nitrogens is 1. The molecule has 4 aromatic rings. The van der Waals surface area contributed by atoms with Crippen LogP contribution in [0.25, 0.3) is 10.9 Å². The lowest BCUT2D eigenvalue weighted by Crippen LogP contribution is -2.36. The van der Waals surface area contributed by atoms with Gasteiger partial charge >= 0.3 is 0 Å². The van der Waals surface area contributed by atoms with Crippen LogP contribution in [0.5, 0.6) is 0 Å². The molecule has 2 heterocycles.